The summed E-state index contributed by atoms with van der Waals surface area (Å²) < 4.78 is 5.01. The molecule has 0 atom stereocenters. The minimum absolute atomic E-state index is 0.110. The van der Waals surface area contributed by atoms with E-state index in [2.05, 4.69) is 5.32 Å². The lowest BCUT2D eigenvalue weighted by Crippen LogP contribution is -2.13. The Morgan fingerprint density at radius 1 is 1.36 bits per heavy atom. The first-order chi connectivity index (χ1) is 6.76. The lowest BCUT2D eigenvalue weighted by Gasteiger charge is -1.98. The first kappa shape index (κ1) is 10.3. The van der Waals surface area contributed by atoms with Gasteiger partial charge in [-0.15, -0.1) is 0 Å². The molecule has 0 aliphatic rings. The molecule has 0 aliphatic carbocycles. The second-order valence-electron chi connectivity index (χ2n) is 2.72. The van der Waals surface area contributed by atoms with Gasteiger partial charge in [0.25, 0.3) is 0 Å². The smallest absolute Gasteiger partial charge is 0.243 e. The van der Waals surface area contributed by atoms with Crippen molar-refractivity contribution >= 4 is 12.0 Å². The fraction of sp³-hybridized carbons (Fsp3) is 0.182. The average molecular weight is 191 g/mol. The Labute approximate surface area is 83.4 Å². The van der Waals surface area contributed by atoms with E-state index >= 15 is 0 Å². The summed E-state index contributed by atoms with van der Waals surface area (Å²) in [5, 5.41) is 2.51. The number of hydrogen-bond donors (Lipinski definition) is 1. The number of hydrogen-bond acceptors (Lipinski definition) is 2. The van der Waals surface area contributed by atoms with E-state index in [0.29, 0.717) is 0 Å². The number of benzene rings is 1. The molecule has 1 amide bonds. The Morgan fingerprint density at radius 3 is 2.50 bits per heavy atom. The van der Waals surface area contributed by atoms with Crippen molar-refractivity contribution in [3.8, 4) is 5.75 Å². The summed E-state index contributed by atoms with van der Waals surface area (Å²) in [6, 6.07) is 7.48. The summed E-state index contributed by atoms with van der Waals surface area (Å²) in [5.74, 6) is 0.697. The van der Waals surface area contributed by atoms with E-state index in [0.717, 1.165) is 11.3 Å². The van der Waals surface area contributed by atoms with Crippen LogP contribution in [0.3, 0.4) is 0 Å². The van der Waals surface area contributed by atoms with Crippen molar-refractivity contribution in [1.29, 1.82) is 0 Å². The SMILES string of the molecule is CNC(=O)/C=C/c1ccc(OC)cc1. The van der Waals surface area contributed by atoms with Crippen molar-refractivity contribution in [2.75, 3.05) is 14.2 Å². The molecule has 0 unspecified atom stereocenters. The van der Waals surface area contributed by atoms with E-state index in [-0.39, 0.29) is 5.91 Å². The van der Waals surface area contributed by atoms with Gasteiger partial charge < -0.3 is 10.1 Å². The topological polar surface area (TPSA) is 38.3 Å². The summed E-state index contributed by atoms with van der Waals surface area (Å²) >= 11 is 0. The predicted molar refractivity (Wildman–Crippen MR) is 56.1 cm³/mol. The van der Waals surface area contributed by atoms with Crippen LogP contribution in [0.2, 0.25) is 0 Å². The molecular formula is C11H13NO2. The van der Waals surface area contributed by atoms with Gasteiger partial charge in [0.2, 0.25) is 5.91 Å². The maximum Gasteiger partial charge on any atom is 0.243 e. The lowest BCUT2D eigenvalue weighted by molar-refractivity contribution is -0.115. The third kappa shape index (κ3) is 2.94. The zero-order chi connectivity index (χ0) is 10.4. The molecule has 0 heterocycles. The van der Waals surface area contributed by atoms with Gasteiger partial charge in [0, 0.05) is 13.1 Å². The van der Waals surface area contributed by atoms with Crippen molar-refractivity contribution in [3.05, 3.63) is 35.9 Å². The van der Waals surface area contributed by atoms with Crippen molar-refractivity contribution in [1.82, 2.24) is 5.32 Å². The third-order valence-corrected chi connectivity index (χ3v) is 1.79. The van der Waals surface area contributed by atoms with Crippen LogP contribution in [0.1, 0.15) is 5.56 Å². The van der Waals surface area contributed by atoms with Gasteiger partial charge in [-0.1, -0.05) is 12.1 Å². The maximum absolute atomic E-state index is 10.9. The van der Waals surface area contributed by atoms with Crippen LogP contribution >= 0.6 is 0 Å². The second-order valence-corrected chi connectivity index (χ2v) is 2.72. The molecule has 0 saturated carbocycles. The fourth-order valence-electron chi connectivity index (χ4n) is 0.970. The maximum atomic E-state index is 10.9. The second kappa shape index (κ2) is 5.07. The van der Waals surface area contributed by atoms with E-state index in [1.807, 2.05) is 24.3 Å². The molecule has 14 heavy (non-hydrogen) atoms. The molecule has 0 saturated heterocycles. The van der Waals surface area contributed by atoms with E-state index < -0.39 is 0 Å². The van der Waals surface area contributed by atoms with Gasteiger partial charge in [-0.25, -0.2) is 0 Å². The number of carbonyl (C=O) groups excluding carboxylic acids is 1. The van der Waals surface area contributed by atoms with Crippen LogP contribution in [0.5, 0.6) is 5.75 Å². The Balaban J connectivity index is 2.68. The van der Waals surface area contributed by atoms with Gasteiger partial charge in [-0.3, -0.25) is 4.79 Å². The number of carbonyl (C=O) groups is 1. The third-order valence-electron chi connectivity index (χ3n) is 1.79. The first-order valence-electron chi connectivity index (χ1n) is 4.30. The van der Waals surface area contributed by atoms with Gasteiger partial charge in [0.1, 0.15) is 5.75 Å². The molecule has 0 fully saturated rings. The van der Waals surface area contributed by atoms with Crippen LogP contribution in [0, 0.1) is 0 Å². The van der Waals surface area contributed by atoms with Crippen LogP contribution in [0.4, 0.5) is 0 Å². The van der Waals surface area contributed by atoms with Crippen LogP contribution < -0.4 is 10.1 Å². The molecule has 0 radical (unpaired) electrons. The molecule has 0 bridgehead atoms. The number of nitrogens with one attached hydrogen (secondary N) is 1. The van der Waals surface area contributed by atoms with Crippen molar-refractivity contribution in [3.63, 3.8) is 0 Å². The molecular weight excluding hydrogens is 178 g/mol. The zero-order valence-corrected chi connectivity index (χ0v) is 8.28. The summed E-state index contributed by atoms with van der Waals surface area (Å²) in [6.07, 6.45) is 3.24. The molecule has 74 valence electrons. The van der Waals surface area contributed by atoms with Gasteiger partial charge >= 0.3 is 0 Å². The number of amides is 1. The van der Waals surface area contributed by atoms with Gasteiger partial charge in [0.15, 0.2) is 0 Å². The Hall–Kier alpha value is -1.77. The molecule has 1 rings (SSSR count). The normalized spacial score (nSPS) is 10.1. The molecule has 0 aliphatic heterocycles. The monoisotopic (exact) mass is 191 g/mol. The minimum Gasteiger partial charge on any atom is -0.497 e. The van der Waals surface area contributed by atoms with Crippen LogP contribution in [0.15, 0.2) is 30.3 Å². The summed E-state index contributed by atoms with van der Waals surface area (Å²) in [7, 11) is 3.22. The largest absolute Gasteiger partial charge is 0.497 e. The van der Waals surface area contributed by atoms with Crippen molar-refractivity contribution in [2.24, 2.45) is 0 Å². The van der Waals surface area contributed by atoms with E-state index in [1.165, 1.54) is 6.08 Å². The first-order valence-corrected chi connectivity index (χ1v) is 4.30. The highest BCUT2D eigenvalue weighted by molar-refractivity contribution is 5.91. The molecule has 0 spiro atoms. The Kier molecular flexibility index (Phi) is 3.73. The standard InChI is InChI=1S/C11H13NO2/c1-12-11(13)8-5-9-3-6-10(14-2)7-4-9/h3-8H,1-2H3,(H,12,13)/b8-5+. The molecule has 3 nitrogen and oxygen atoms in total. The van der Waals surface area contributed by atoms with E-state index in [9.17, 15) is 4.79 Å². The molecule has 1 aromatic rings. The van der Waals surface area contributed by atoms with Gasteiger partial charge in [-0.2, -0.15) is 0 Å². The minimum atomic E-state index is -0.110. The number of likely N-dealkylation sites (N-methyl/N-ethyl adjacent to an activating group) is 1. The predicted octanol–water partition coefficient (Wildman–Crippen LogP) is 1.45. The van der Waals surface area contributed by atoms with E-state index in [1.54, 1.807) is 20.2 Å². The summed E-state index contributed by atoms with van der Waals surface area (Å²) in [4.78, 5) is 10.9. The molecule has 1 N–H and O–H groups in total. The average Bonchev–Trinajstić information content (AvgIpc) is 2.26. The summed E-state index contributed by atoms with van der Waals surface area (Å²) in [5.41, 5.74) is 0.967. The van der Waals surface area contributed by atoms with Crippen LogP contribution in [0.25, 0.3) is 6.08 Å². The van der Waals surface area contributed by atoms with Crippen molar-refractivity contribution in [2.45, 2.75) is 0 Å². The van der Waals surface area contributed by atoms with E-state index in [4.69, 9.17) is 4.74 Å². The highest BCUT2D eigenvalue weighted by Crippen LogP contribution is 2.11. The Bertz CT molecular complexity index is 328. The fourth-order valence-corrected chi connectivity index (χ4v) is 0.970. The van der Waals surface area contributed by atoms with Crippen LogP contribution in [-0.2, 0) is 4.79 Å². The molecule has 1 aromatic carbocycles. The molecule has 3 heteroatoms. The van der Waals surface area contributed by atoms with Gasteiger partial charge in [0.05, 0.1) is 7.11 Å². The van der Waals surface area contributed by atoms with Crippen molar-refractivity contribution < 1.29 is 9.53 Å². The quantitative estimate of drug-likeness (QED) is 0.734. The molecule has 0 aromatic heterocycles. The summed E-state index contributed by atoms with van der Waals surface area (Å²) in [6.45, 7) is 0. The Morgan fingerprint density at radius 2 is 2.00 bits per heavy atom. The lowest BCUT2D eigenvalue weighted by atomic mass is 10.2. The number of methoxy groups -OCH3 is 1. The highest BCUT2D eigenvalue weighted by Gasteiger charge is 1.91. The number of rotatable bonds is 3. The highest BCUT2D eigenvalue weighted by atomic mass is 16.5. The number of ether oxygens (including phenoxy) is 1. The van der Waals surface area contributed by atoms with Crippen LogP contribution in [-0.4, -0.2) is 20.1 Å². The zero-order valence-electron chi connectivity index (χ0n) is 8.28. The van der Waals surface area contributed by atoms with Gasteiger partial charge in [-0.05, 0) is 23.8 Å².